The van der Waals surface area contributed by atoms with Crippen LogP contribution in [0.2, 0.25) is 0 Å². The molecule has 0 amide bonds. The van der Waals surface area contributed by atoms with Gasteiger partial charge in [0.2, 0.25) is 0 Å². The third kappa shape index (κ3) is 5.63. The van der Waals surface area contributed by atoms with Crippen LogP contribution in [0.1, 0.15) is 128 Å². The molecule has 0 bridgehead atoms. The predicted molar refractivity (Wildman–Crippen MR) is 240 cm³/mol. The lowest BCUT2D eigenvalue weighted by atomic mass is 9.60. The average Bonchev–Trinajstić information content (AvgIpc) is 3.40. The zero-order chi connectivity index (χ0) is 39.4. The van der Waals surface area contributed by atoms with Crippen molar-refractivity contribution in [3.8, 4) is 33.4 Å². The average molecular weight is 734 g/mol. The quantitative estimate of drug-likeness (QED) is 0.171. The minimum Gasteiger partial charge on any atom is -0.310 e. The maximum atomic E-state index is 2.60. The molecule has 6 aromatic carbocycles. The molecule has 0 aromatic heterocycles. The van der Waals surface area contributed by atoms with Gasteiger partial charge in [-0.2, -0.15) is 0 Å². The summed E-state index contributed by atoms with van der Waals surface area (Å²) in [5.74, 6) is 0. The van der Waals surface area contributed by atoms with E-state index in [0.717, 1.165) is 6.42 Å². The lowest BCUT2D eigenvalue weighted by Gasteiger charge is -2.44. The van der Waals surface area contributed by atoms with Gasteiger partial charge in [0, 0.05) is 22.4 Å². The van der Waals surface area contributed by atoms with Crippen LogP contribution in [0.5, 0.6) is 0 Å². The summed E-state index contributed by atoms with van der Waals surface area (Å²) in [6, 6.07) is 48.9. The van der Waals surface area contributed by atoms with Crippen molar-refractivity contribution < 1.29 is 0 Å². The molecule has 6 aromatic rings. The monoisotopic (exact) mass is 733 g/mol. The first-order valence-electron chi connectivity index (χ1n) is 21.0. The van der Waals surface area contributed by atoms with E-state index in [0.29, 0.717) is 0 Å². The molecule has 56 heavy (non-hydrogen) atoms. The first-order chi connectivity index (χ1) is 26.5. The Morgan fingerprint density at radius 1 is 0.375 bits per heavy atom. The van der Waals surface area contributed by atoms with Crippen molar-refractivity contribution in [1.29, 1.82) is 0 Å². The Kier molecular flexibility index (Phi) is 8.24. The molecule has 0 radical (unpaired) electrons. The fourth-order valence-electron chi connectivity index (χ4n) is 10.7. The van der Waals surface area contributed by atoms with Gasteiger partial charge in [0.05, 0.1) is 5.69 Å². The smallest absolute Gasteiger partial charge is 0.0543 e. The van der Waals surface area contributed by atoms with E-state index in [9.17, 15) is 0 Å². The number of hydrogen-bond donors (Lipinski definition) is 0. The Morgan fingerprint density at radius 3 is 1.64 bits per heavy atom. The summed E-state index contributed by atoms with van der Waals surface area (Å²) in [5, 5.41) is 0. The highest BCUT2D eigenvalue weighted by Gasteiger charge is 2.43. The molecule has 284 valence electrons. The SMILES string of the molecule is CC1(C)CCC(C)(C)c2cc(N(c3ccccc3)c3cc4c(cc3-c3c(-c5ccccc5)ccc5c3C(C)(C)CCC5(C)C)-c3ccccc3C4(C)C)ccc21. The summed E-state index contributed by atoms with van der Waals surface area (Å²) < 4.78 is 0. The van der Waals surface area contributed by atoms with Gasteiger partial charge in [-0.05, 0) is 145 Å². The first kappa shape index (κ1) is 36.7. The zero-order valence-electron chi connectivity index (χ0n) is 35.4. The molecule has 0 unspecified atom stereocenters. The summed E-state index contributed by atoms with van der Waals surface area (Å²) in [7, 11) is 0. The van der Waals surface area contributed by atoms with Crippen molar-refractivity contribution in [2.24, 2.45) is 0 Å². The van der Waals surface area contributed by atoms with E-state index in [1.807, 2.05) is 0 Å². The van der Waals surface area contributed by atoms with Crippen molar-refractivity contribution in [3.05, 3.63) is 161 Å². The second kappa shape index (κ2) is 12.6. The molecule has 0 spiro atoms. The normalized spacial score (nSPS) is 19.0. The van der Waals surface area contributed by atoms with Crippen molar-refractivity contribution in [2.75, 3.05) is 4.90 Å². The van der Waals surface area contributed by atoms with Gasteiger partial charge in [-0.1, -0.05) is 160 Å². The third-order valence-corrected chi connectivity index (χ3v) is 14.4. The molecule has 1 heteroatoms. The molecule has 3 aliphatic rings. The van der Waals surface area contributed by atoms with Gasteiger partial charge in [-0.3, -0.25) is 0 Å². The van der Waals surface area contributed by atoms with Gasteiger partial charge < -0.3 is 4.90 Å². The molecule has 1 nitrogen and oxygen atoms in total. The van der Waals surface area contributed by atoms with Gasteiger partial charge in [-0.15, -0.1) is 0 Å². The van der Waals surface area contributed by atoms with Gasteiger partial charge >= 0.3 is 0 Å². The highest BCUT2D eigenvalue weighted by atomic mass is 15.1. The molecule has 9 rings (SSSR count). The number of anilines is 3. The third-order valence-electron chi connectivity index (χ3n) is 14.4. The van der Waals surface area contributed by atoms with E-state index in [4.69, 9.17) is 0 Å². The number of rotatable bonds is 5. The van der Waals surface area contributed by atoms with Gasteiger partial charge in [0.25, 0.3) is 0 Å². The standard InChI is InChI=1S/C55H59N/c1-51(2)29-30-53(5,6)47-33-38(25-27-44(47)51)56(37-21-15-12-16-22-37)48-35-46-41(40-23-17-18-24-43(40)55(46,9)10)34-42(48)49-39(36-19-13-11-14-20-36)26-28-45-50(49)54(7,8)32-31-52(45,3)4/h11-28,33-35H,29-32H2,1-10H3. The summed E-state index contributed by atoms with van der Waals surface area (Å²) in [4.78, 5) is 2.60. The van der Waals surface area contributed by atoms with Crippen LogP contribution in [-0.2, 0) is 27.1 Å². The van der Waals surface area contributed by atoms with Crippen molar-refractivity contribution in [2.45, 2.75) is 122 Å². The lowest BCUT2D eigenvalue weighted by molar-refractivity contribution is 0.332. The molecule has 0 heterocycles. The molecule has 0 fully saturated rings. The number of benzene rings is 6. The molecule has 0 aliphatic heterocycles. The van der Waals surface area contributed by atoms with E-state index in [-0.39, 0.29) is 27.1 Å². The molecule has 0 saturated carbocycles. The molecule has 3 aliphatic carbocycles. The Bertz CT molecular complexity index is 2490. The Morgan fingerprint density at radius 2 is 0.946 bits per heavy atom. The minimum absolute atomic E-state index is 0.0164. The van der Waals surface area contributed by atoms with Crippen molar-refractivity contribution in [3.63, 3.8) is 0 Å². The van der Waals surface area contributed by atoms with Crippen molar-refractivity contribution >= 4 is 17.1 Å². The van der Waals surface area contributed by atoms with Crippen LogP contribution in [0.15, 0.2) is 127 Å². The summed E-state index contributed by atoms with van der Waals surface area (Å²) in [5.41, 5.74) is 20.5. The molecule has 0 atom stereocenters. The first-order valence-corrected chi connectivity index (χ1v) is 21.0. The number of hydrogen-bond acceptors (Lipinski definition) is 1. The van der Waals surface area contributed by atoms with Crippen LogP contribution in [0.25, 0.3) is 33.4 Å². The highest BCUT2D eigenvalue weighted by molar-refractivity contribution is 6.00. The maximum absolute atomic E-state index is 2.60. The molecular formula is C55H59N. The zero-order valence-corrected chi connectivity index (χ0v) is 35.4. The number of para-hydroxylation sites is 1. The van der Waals surface area contributed by atoms with Crippen LogP contribution in [-0.4, -0.2) is 0 Å². The van der Waals surface area contributed by atoms with E-state index >= 15 is 0 Å². The Balaban J connectivity index is 1.44. The highest BCUT2D eigenvalue weighted by Crippen LogP contribution is 2.58. The number of fused-ring (bicyclic) bond motifs is 5. The molecule has 0 N–H and O–H groups in total. The van der Waals surface area contributed by atoms with Gasteiger partial charge in [0.1, 0.15) is 0 Å². The van der Waals surface area contributed by atoms with E-state index in [1.165, 1.54) is 103 Å². The molecule has 0 saturated heterocycles. The lowest BCUT2D eigenvalue weighted by Crippen LogP contribution is -2.34. The Labute approximate surface area is 336 Å². The fourth-order valence-corrected chi connectivity index (χ4v) is 10.7. The summed E-state index contributed by atoms with van der Waals surface area (Å²) in [6.45, 7) is 24.5. The largest absolute Gasteiger partial charge is 0.310 e. The Hall–Kier alpha value is -4.88. The van der Waals surface area contributed by atoms with Crippen LogP contribution < -0.4 is 4.90 Å². The van der Waals surface area contributed by atoms with Crippen LogP contribution >= 0.6 is 0 Å². The minimum atomic E-state index is -0.150. The van der Waals surface area contributed by atoms with Crippen LogP contribution in [0.4, 0.5) is 17.1 Å². The molecular weight excluding hydrogens is 675 g/mol. The predicted octanol–water partition coefficient (Wildman–Crippen LogP) is 15.5. The second-order valence-corrected chi connectivity index (χ2v) is 20.3. The van der Waals surface area contributed by atoms with E-state index in [2.05, 4.69) is 202 Å². The van der Waals surface area contributed by atoms with Crippen molar-refractivity contribution in [1.82, 2.24) is 0 Å². The topological polar surface area (TPSA) is 3.24 Å². The van der Waals surface area contributed by atoms with Crippen LogP contribution in [0, 0.1) is 0 Å². The second-order valence-electron chi connectivity index (χ2n) is 20.3. The summed E-state index contributed by atoms with van der Waals surface area (Å²) in [6.07, 6.45) is 4.70. The fraction of sp³-hybridized carbons (Fsp3) is 0.345. The van der Waals surface area contributed by atoms with E-state index < -0.39 is 0 Å². The van der Waals surface area contributed by atoms with Gasteiger partial charge in [-0.25, -0.2) is 0 Å². The maximum Gasteiger partial charge on any atom is 0.0543 e. The number of nitrogens with zero attached hydrogens (tertiary/aromatic N) is 1. The summed E-state index contributed by atoms with van der Waals surface area (Å²) >= 11 is 0. The van der Waals surface area contributed by atoms with Crippen LogP contribution in [0.3, 0.4) is 0 Å². The van der Waals surface area contributed by atoms with E-state index in [1.54, 1.807) is 0 Å². The van der Waals surface area contributed by atoms with Gasteiger partial charge in [0.15, 0.2) is 0 Å².